The number of nitrogens with zero attached hydrogens (tertiary/aromatic N) is 4. The number of hydrogen-bond acceptors (Lipinski definition) is 6. The van der Waals surface area contributed by atoms with E-state index in [9.17, 15) is 23.1 Å². The number of benzene rings is 2. The second-order valence-corrected chi connectivity index (χ2v) is 7.34. The van der Waals surface area contributed by atoms with Crippen molar-refractivity contribution in [2.24, 2.45) is 10.1 Å². The fourth-order valence-corrected chi connectivity index (χ4v) is 3.46. The van der Waals surface area contributed by atoms with Crippen LogP contribution in [0.5, 0.6) is 0 Å². The average Bonchev–Trinajstić information content (AvgIpc) is 3.15. The van der Waals surface area contributed by atoms with Gasteiger partial charge in [0.15, 0.2) is 23.7 Å². The first kappa shape index (κ1) is 20.9. The van der Waals surface area contributed by atoms with E-state index < -0.39 is 23.7 Å². The van der Waals surface area contributed by atoms with E-state index in [4.69, 9.17) is 0 Å². The Labute approximate surface area is 176 Å². The Morgan fingerprint density at radius 2 is 1.94 bits per heavy atom. The van der Waals surface area contributed by atoms with E-state index >= 15 is 0 Å². The van der Waals surface area contributed by atoms with Crippen LogP contribution in [0, 0.1) is 24.4 Å². The van der Waals surface area contributed by atoms with Crippen molar-refractivity contribution in [2.45, 2.75) is 32.5 Å². The van der Waals surface area contributed by atoms with Crippen LogP contribution in [0.1, 0.15) is 24.0 Å². The first-order valence-corrected chi connectivity index (χ1v) is 9.71. The summed E-state index contributed by atoms with van der Waals surface area (Å²) in [7, 11) is 0. The van der Waals surface area contributed by atoms with Crippen LogP contribution in [0.4, 0.5) is 24.5 Å². The van der Waals surface area contributed by atoms with Gasteiger partial charge in [-0.15, -0.1) is 0 Å². The molecule has 2 aliphatic heterocycles. The third kappa shape index (κ3) is 4.38. The molecule has 2 aliphatic rings. The Bertz CT molecular complexity index is 1070. The van der Waals surface area contributed by atoms with Gasteiger partial charge in [0.1, 0.15) is 0 Å². The number of aryl methyl sites for hydroxylation is 1. The predicted octanol–water partition coefficient (Wildman–Crippen LogP) is 3.13. The minimum absolute atomic E-state index is 0.0480. The highest BCUT2D eigenvalue weighted by molar-refractivity contribution is 5.99. The molecule has 31 heavy (non-hydrogen) atoms. The average molecular weight is 431 g/mol. The van der Waals surface area contributed by atoms with Crippen molar-refractivity contribution in [3.8, 4) is 0 Å². The Morgan fingerprint density at radius 3 is 2.61 bits per heavy atom. The molecule has 10 heteroatoms. The molecule has 1 saturated heterocycles. The molecule has 0 aromatic heterocycles. The Morgan fingerprint density at radius 1 is 1.19 bits per heavy atom. The van der Waals surface area contributed by atoms with E-state index in [2.05, 4.69) is 15.4 Å². The van der Waals surface area contributed by atoms with Crippen LogP contribution in [-0.2, 0) is 11.3 Å². The van der Waals surface area contributed by atoms with Gasteiger partial charge in [-0.1, -0.05) is 6.07 Å². The Balaban J connectivity index is 1.59. The van der Waals surface area contributed by atoms with Crippen LogP contribution < -0.4 is 10.2 Å². The van der Waals surface area contributed by atoms with Gasteiger partial charge in [-0.05, 0) is 48.7 Å². The number of rotatable bonds is 4. The molecule has 0 bridgehead atoms. The van der Waals surface area contributed by atoms with Crippen LogP contribution in [0.25, 0.3) is 0 Å². The van der Waals surface area contributed by atoms with Gasteiger partial charge in [0.05, 0.1) is 12.8 Å². The number of hydrazone groups is 1. The van der Waals surface area contributed by atoms with Gasteiger partial charge in [-0.2, -0.15) is 5.10 Å². The summed E-state index contributed by atoms with van der Waals surface area (Å²) < 4.78 is 40.4. The van der Waals surface area contributed by atoms with Crippen LogP contribution in [0.15, 0.2) is 40.4 Å². The summed E-state index contributed by atoms with van der Waals surface area (Å²) >= 11 is 0. The zero-order valence-corrected chi connectivity index (χ0v) is 16.6. The van der Waals surface area contributed by atoms with Gasteiger partial charge in [-0.25, -0.2) is 23.2 Å². The van der Waals surface area contributed by atoms with E-state index in [1.54, 1.807) is 11.0 Å². The molecule has 0 saturated carbocycles. The minimum atomic E-state index is -1.54. The fraction of sp³-hybridized carbons (Fsp3) is 0.286. The fourth-order valence-electron chi connectivity index (χ4n) is 3.46. The van der Waals surface area contributed by atoms with Crippen molar-refractivity contribution in [3.05, 3.63) is 58.9 Å². The number of aliphatic imine (C=N–C) groups is 1. The molecule has 0 radical (unpaired) electrons. The predicted molar refractivity (Wildman–Crippen MR) is 110 cm³/mol. The zero-order valence-electron chi connectivity index (χ0n) is 16.6. The third-order valence-electron chi connectivity index (χ3n) is 5.07. The second-order valence-electron chi connectivity index (χ2n) is 7.34. The summed E-state index contributed by atoms with van der Waals surface area (Å²) in [6.45, 7) is 2.38. The largest absolute Gasteiger partial charge is 0.367 e. The highest BCUT2D eigenvalue weighted by Crippen LogP contribution is 2.27. The smallest absolute Gasteiger partial charge is 0.227 e. The lowest BCUT2D eigenvalue weighted by Crippen LogP contribution is -2.37. The summed E-state index contributed by atoms with van der Waals surface area (Å²) in [6, 6.07) is 7.24. The Kier molecular flexibility index (Phi) is 5.64. The molecular weight excluding hydrogens is 411 g/mol. The monoisotopic (exact) mass is 431 g/mol. The highest BCUT2D eigenvalue weighted by atomic mass is 19.2. The first-order valence-electron chi connectivity index (χ1n) is 9.71. The van der Waals surface area contributed by atoms with Gasteiger partial charge in [0.25, 0.3) is 0 Å². The lowest BCUT2D eigenvalue weighted by atomic mass is 10.1. The van der Waals surface area contributed by atoms with E-state index in [-0.39, 0.29) is 24.0 Å². The van der Waals surface area contributed by atoms with Gasteiger partial charge in [0.2, 0.25) is 11.9 Å². The molecule has 1 unspecified atom stereocenters. The molecular formula is C21H20F3N5O2. The maximum atomic E-state index is 13.6. The van der Waals surface area contributed by atoms with Gasteiger partial charge >= 0.3 is 0 Å². The number of carbonyl (C=O) groups excluding carboxylic acids is 1. The summed E-state index contributed by atoms with van der Waals surface area (Å²) in [5.41, 5.74) is 2.33. The van der Waals surface area contributed by atoms with Crippen molar-refractivity contribution in [2.75, 3.05) is 16.8 Å². The molecule has 162 valence electrons. The quantitative estimate of drug-likeness (QED) is 0.729. The summed E-state index contributed by atoms with van der Waals surface area (Å²) in [5, 5.41) is 18.3. The van der Waals surface area contributed by atoms with Crippen LogP contribution in [0.2, 0.25) is 0 Å². The number of anilines is 2. The lowest BCUT2D eigenvalue weighted by Gasteiger charge is -2.27. The molecule has 1 atom stereocenters. The zero-order chi connectivity index (χ0) is 22.1. The van der Waals surface area contributed by atoms with E-state index in [1.165, 1.54) is 5.01 Å². The van der Waals surface area contributed by atoms with E-state index in [0.717, 1.165) is 36.0 Å². The second kappa shape index (κ2) is 8.38. The van der Waals surface area contributed by atoms with Gasteiger partial charge < -0.3 is 15.3 Å². The number of guanidine groups is 1. The van der Waals surface area contributed by atoms with Crippen LogP contribution in [0.3, 0.4) is 0 Å². The molecule has 2 heterocycles. The number of halogens is 3. The van der Waals surface area contributed by atoms with E-state index in [1.807, 2.05) is 19.1 Å². The summed E-state index contributed by atoms with van der Waals surface area (Å²) in [6.07, 6.45) is 1.25. The van der Waals surface area contributed by atoms with Crippen molar-refractivity contribution >= 4 is 29.5 Å². The molecule has 4 rings (SSSR count). The third-order valence-corrected chi connectivity index (χ3v) is 5.07. The van der Waals surface area contributed by atoms with Crippen LogP contribution >= 0.6 is 0 Å². The van der Waals surface area contributed by atoms with E-state index in [0.29, 0.717) is 18.7 Å². The molecule has 2 aromatic carbocycles. The molecule has 7 nitrogen and oxygen atoms in total. The summed E-state index contributed by atoms with van der Waals surface area (Å²) in [4.78, 5) is 17.9. The SMILES string of the molecule is Cc1ccc(N2CCCC2=O)cc1NC1=NC(O)C=NN1Cc1cc(F)c(F)c(F)c1. The molecule has 2 N–H and O–H groups in total. The van der Waals surface area contributed by atoms with Gasteiger partial charge in [0, 0.05) is 24.3 Å². The van der Waals surface area contributed by atoms with Gasteiger partial charge in [-0.3, -0.25) is 4.79 Å². The number of aliphatic hydroxyl groups is 1. The molecule has 0 aliphatic carbocycles. The lowest BCUT2D eigenvalue weighted by molar-refractivity contribution is -0.117. The molecule has 0 spiro atoms. The van der Waals surface area contributed by atoms with Crippen LogP contribution in [-0.4, -0.2) is 41.0 Å². The first-order chi connectivity index (χ1) is 14.8. The minimum Gasteiger partial charge on any atom is -0.367 e. The van der Waals surface area contributed by atoms with Crippen molar-refractivity contribution < 1.29 is 23.1 Å². The standard InChI is InChI=1S/C21H20F3N5O2/c1-12-4-5-14(28-6-2-3-19(28)31)9-17(12)26-21-27-18(30)10-25-29(21)11-13-7-15(22)20(24)16(23)8-13/h4-5,7-10,18,30H,2-3,6,11H2,1H3,(H,26,27). The number of carbonyl (C=O) groups is 1. The van der Waals surface area contributed by atoms with Crippen molar-refractivity contribution in [1.82, 2.24) is 5.01 Å². The highest BCUT2D eigenvalue weighted by Gasteiger charge is 2.24. The van der Waals surface area contributed by atoms with Crippen molar-refractivity contribution in [3.63, 3.8) is 0 Å². The molecule has 1 fully saturated rings. The normalized spacial score (nSPS) is 18.5. The maximum Gasteiger partial charge on any atom is 0.227 e. The van der Waals surface area contributed by atoms with Crippen molar-refractivity contribution in [1.29, 1.82) is 0 Å². The summed E-state index contributed by atoms with van der Waals surface area (Å²) in [5.74, 6) is -3.97. The molecule has 1 amide bonds. The Hall–Kier alpha value is -3.40. The number of nitrogens with one attached hydrogen (secondary N) is 1. The maximum absolute atomic E-state index is 13.6. The number of aliphatic hydroxyl groups excluding tert-OH is 1. The number of hydrogen-bond donors (Lipinski definition) is 2. The number of amides is 1. The topological polar surface area (TPSA) is 80.5 Å². The molecule has 2 aromatic rings.